The van der Waals surface area contributed by atoms with Crippen molar-refractivity contribution in [3.8, 4) is 11.5 Å². The second-order valence-electron chi connectivity index (χ2n) is 4.56. The molecule has 0 saturated heterocycles. The fourth-order valence-electron chi connectivity index (χ4n) is 1.92. The van der Waals surface area contributed by atoms with Gasteiger partial charge in [0.05, 0.1) is 19.8 Å². The summed E-state index contributed by atoms with van der Waals surface area (Å²) < 4.78 is 11.1. The molecule has 0 radical (unpaired) electrons. The number of aliphatic hydroxyl groups is 1. The van der Waals surface area contributed by atoms with Crippen molar-refractivity contribution in [3.63, 3.8) is 0 Å². The second kappa shape index (κ2) is 7.98. The van der Waals surface area contributed by atoms with Gasteiger partial charge in [0, 0.05) is 12.0 Å². The smallest absolute Gasteiger partial charge is 0.164 e. The predicted octanol–water partition coefficient (Wildman–Crippen LogP) is 3.19. The largest absolute Gasteiger partial charge is 0.493 e. The van der Waals surface area contributed by atoms with Crippen molar-refractivity contribution < 1.29 is 14.6 Å². The minimum Gasteiger partial charge on any atom is -0.493 e. The molecule has 1 N–H and O–H groups in total. The number of rotatable bonds is 8. The molecule has 18 heavy (non-hydrogen) atoms. The molecule has 0 aliphatic heterocycles. The Morgan fingerprint density at radius 3 is 2.67 bits per heavy atom. The van der Waals surface area contributed by atoms with Crippen LogP contribution in [0, 0.1) is 0 Å². The van der Waals surface area contributed by atoms with E-state index < -0.39 is 0 Å². The first-order valence-corrected chi connectivity index (χ1v) is 6.65. The Bertz CT molecular complexity index is 348. The maximum Gasteiger partial charge on any atom is 0.164 e. The van der Waals surface area contributed by atoms with E-state index in [9.17, 15) is 5.11 Å². The number of hydrogen-bond donors (Lipinski definition) is 1. The molecular formula is C15H24O3. The first kappa shape index (κ1) is 14.8. The summed E-state index contributed by atoms with van der Waals surface area (Å²) in [6, 6.07) is 5.82. The lowest BCUT2D eigenvalue weighted by Crippen LogP contribution is -2.07. The van der Waals surface area contributed by atoms with Crippen LogP contribution in [-0.2, 0) is 6.42 Å². The van der Waals surface area contributed by atoms with E-state index in [1.54, 1.807) is 14.0 Å². The Morgan fingerprint density at radius 2 is 2.06 bits per heavy atom. The minimum absolute atomic E-state index is 0.380. The predicted molar refractivity (Wildman–Crippen MR) is 73.4 cm³/mol. The molecule has 0 amide bonds. The zero-order chi connectivity index (χ0) is 13.4. The molecule has 0 spiro atoms. The molecule has 1 unspecified atom stereocenters. The molecule has 0 aromatic heterocycles. The number of aliphatic hydroxyl groups excluding tert-OH is 1. The highest BCUT2D eigenvalue weighted by Gasteiger charge is 2.11. The van der Waals surface area contributed by atoms with Crippen LogP contribution >= 0.6 is 0 Å². The Hall–Kier alpha value is -1.22. The fraction of sp³-hybridized carbons (Fsp3) is 0.600. The van der Waals surface area contributed by atoms with Crippen LogP contribution in [0.15, 0.2) is 18.2 Å². The average molecular weight is 252 g/mol. The van der Waals surface area contributed by atoms with Gasteiger partial charge < -0.3 is 14.6 Å². The molecule has 3 nitrogen and oxygen atoms in total. The number of para-hydroxylation sites is 1. The Labute approximate surface area is 110 Å². The van der Waals surface area contributed by atoms with Crippen LogP contribution in [-0.4, -0.2) is 24.9 Å². The van der Waals surface area contributed by atoms with Crippen LogP contribution in [0.1, 0.15) is 38.7 Å². The summed E-state index contributed by atoms with van der Waals surface area (Å²) in [4.78, 5) is 0. The van der Waals surface area contributed by atoms with E-state index in [1.165, 1.54) is 12.8 Å². The van der Waals surface area contributed by atoms with Gasteiger partial charge in [-0.3, -0.25) is 0 Å². The quantitative estimate of drug-likeness (QED) is 0.722. The Balaban J connectivity index is 2.71. The van der Waals surface area contributed by atoms with Crippen molar-refractivity contribution in [2.45, 2.75) is 45.6 Å². The lowest BCUT2D eigenvalue weighted by atomic mass is 10.1. The average Bonchev–Trinajstić information content (AvgIpc) is 2.34. The molecule has 0 aliphatic carbocycles. The third-order valence-electron chi connectivity index (χ3n) is 2.79. The topological polar surface area (TPSA) is 38.7 Å². The molecule has 1 atom stereocenters. The zero-order valence-electron chi connectivity index (χ0n) is 11.6. The first-order valence-electron chi connectivity index (χ1n) is 6.65. The SMILES string of the molecule is CCCCCOc1cccc(CC(C)O)c1OC. The van der Waals surface area contributed by atoms with Gasteiger partial charge in [-0.1, -0.05) is 31.9 Å². The number of benzene rings is 1. The molecule has 1 aromatic rings. The summed E-state index contributed by atoms with van der Waals surface area (Å²) >= 11 is 0. The standard InChI is InChI=1S/C15H24O3/c1-4-5-6-10-18-14-9-7-8-13(11-12(2)16)15(14)17-3/h7-9,12,16H,4-6,10-11H2,1-3H3. The molecule has 0 aliphatic rings. The normalized spacial score (nSPS) is 12.2. The van der Waals surface area contributed by atoms with E-state index in [-0.39, 0.29) is 6.10 Å². The molecule has 0 heterocycles. The Kier molecular flexibility index (Phi) is 6.58. The van der Waals surface area contributed by atoms with Gasteiger partial charge in [-0.2, -0.15) is 0 Å². The van der Waals surface area contributed by atoms with Gasteiger partial charge in [0.1, 0.15) is 0 Å². The summed E-state index contributed by atoms with van der Waals surface area (Å²) in [5.74, 6) is 1.52. The summed E-state index contributed by atoms with van der Waals surface area (Å²) in [7, 11) is 1.64. The highest BCUT2D eigenvalue weighted by atomic mass is 16.5. The summed E-state index contributed by atoms with van der Waals surface area (Å²) in [5.41, 5.74) is 0.987. The van der Waals surface area contributed by atoms with Crippen LogP contribution in [0.2, 0.25) is 0 Å². The number of hydrogen-bond acceptors (Lipinski definition) is 3. The van der Waals surface area contributed by atoms with Crippen molar-refractivity contribution in [2.24, 2.45) is 0 Å². The van der Waals surface area contributed by atoms with E-state index in [4.69, 9.17) is 9.47 Å². The molecule has 3 heteroatoms. The van der Waals surface area contributed by atoms with Crippen molar-refractivity contribution in [1.82, 2.24) is 0 Å². The number of methoxy groups -OCH3 is 1. The van der Waals surface area contributed by atoms with Crippen molar-refractivity contribution in [1.29, 1.82) is 0 Å². The van der Waals surface area contributed by atoms with Gasteiger partial charge in [-0.25, -0.2) is 0 Å². The van der Waals surface area contributed by atoms with Gasteiger partial charge >= 0.3 is 0 Å². The molecule has 0 fully saturated rings. The maximum atomic E-state index is 9.47. The van der Waals surface area contributed by atoms with Crippen LogP contribution in [0.5, 0.6) is 11.5 Å². The van der Waals surface area contributed by atoms with E-state index in [0.29, 0.717) is 13.0 Å². The molecule has 1 rings (SSSR count). The summed E-state index contributed by atoms with van der Waals surface area (Å²) in [5, 5.41) is 9.47. The van der Waals surface area contributed by atoms with Gasteiger partial charge in [0.15, 0.2) is 11.5 Å². The number of unbranched alkanes of at least 4 members (excludes halogenated alkanes) is 2. The third-order valence-corrected chi connectivity index (χ3v) is 2.79. The van der Waals surface area contributed by atoms with E-state index in [0.717, 1.165) is 23.5 Å². The van der Waals surface area contributed by atoms with Crippen molar-refractivity contribution in [2.75, 3.05) is 13.7 Å². The molecule has 102 valence electrons. The molecule has 0 bridgehead atoms. The molecular weight excluding hydrogens is 228 g/mol. The van der Waals surface area contributed by atoms with Gasteiger partial charge in [0.2, 0.25) is 0 Å². The van der Waals surface area contributed by atoms with Gasteiger partial charge in [-0.05, 0) is 19.4 Å². The highest BCUT2D eigenvalue weighted by Crippen LogP contribution is 2.32. The van der Waals surface area contributed by atoms with Crippen LogP contribution < -0.4 is 9.47 Å². The van der Waals surface area contributed by atoms with E-state index in [1.807, 2.05) is 18.2 Å². The summed E-state index contributed by atoms with van der Waals surface area (Å²) in [6.07, 6.45) is 3.61. The van der Waals surface area contributed by atoms with Crippen LogP contribution in [0.25, 0.3) is 0 Å². The fourth-order valence-corrected chi connectivity index (χ4v) is 1.92. The van der Waals surface area contributed by atoms with Crippen molar-refractivity contribution >= 4 is 0 Å². The molecule has 0 saturated carbocycles. The second-order valence-corrected chi connectivity index (χ2v) is 4.56. The zero-order valence-corrected chi connectivity index (χ0v) is 11.6. The lowest BCUT2D eigenvalue weighted by Gasteiger charge is -2.15. The number of ether oxygens (including phenoxy) is 2. The van der Waals surface area contributed by atoms with E-state index >= 15 is 0 Å². The Morgan fingerprint density at radius 1 is 1.28 bits per heavy atom. The minimum atomic E-state index is -0.380. The summed E-state index contributed by atoms with van der Waals surface area (Å²) in [6.45, 7) is 4.65. The lowest BCUT2D eigenvalue weighted by molar-refractivity contribution is 0.193. The van der Waals surface area contributed by atoms with Gasteiger partial charge in [-0.15, -0.1) is 0 Å². The monoisotopic (exact) mass is 252 g/mol. The van der Waals surface area contributed by atoms with E-state index in [2.05, 4.69) is 6.92 Å². The van der Waals surface area contributed by atoms with Crippen molar-refractivity contribution in [3.05, 3.63) is 23.8 Å². The first-order chi connectivity index (χ1) is 8.69. The molecule has 1 aromatic carbocycles. The highest BCUT2D eigenvalue weighted by molar-refractivity contribution is 5.46. The van der Waals surface area contributed by atoms with Crippen LogP contribution in [0.4, 0.5) is 0 Å². The van der Waals surface area contributed by atoms with Gasteiger partial charge in [0.25, 0.3) is 0 Å². The maximum absolute atomic E-state index is 9.47. The van der Waals surface area contributed by atoms with Crippen LogP contribution in [0.3, 0.4) is 0 Å². The third kappa shape index (κ3) is 4.57.